The van der Waals surface area contributed by atoms with Crippen molar-refractivity contribution in [2.75, 3.05) is 13.1 Å². The van der Waals surface area contributed by atoms with Crippen molar-refractivity contribution in [1.82, 2.24) is 4.31 Å². The Morgan fingerprint density at radius 3 is 1.97 bits per heavy atom. The number of ketones is 2. The lowest BCUT2D eigenvalue weighted by atomic mass is 9.70. The van der Waals surface area contributed by atoms with E-state index in [1.807, 2.05) is 30.3 Å². The number of Topliss-reactive ketones (excluding diaryl/α,β-unsaturated/α-hetero) is 2. The lowest BCUT2D eigenvalue weighted by molar-refractivity contribution is -0.151. The highest BCUT2D eigenvalue weighted by Crippen LogP contribution is 2.38. The molecule has 0 radical (unpaired) electrons. The van der Waals surface area contributed by atoms with E-state index < -0.39 is 39.4 Å². The number of hydrogen-bond donors (Lipinski definition) is 1. The molecule has 3 rings (SSSR count). The summed E-state index contributed by atoms with van der Waals surface area (Å²) in [4.78, 5) is 35.8. The first kappa shape index (κ1) is 21.9. The first-order chi connectivity index (χ1) is 14.2. The van der Waals surface area contributed by atoms with Crippen LogP contribution in [-0.4, -0.2) is 48.5 Å². The van der Waals surface area contributed by atoms with Gasteiger partial charge in [0, 0.05) is 18.5 Å². The maximum atomic E-state index is 13.0. The van der Waals surface area contributed by atoms with Crippen molar-refractivity contribution >= 4 is 27.6 Å². The van der Waals surface area contributed by atoms with Gasteiger partial charge < -0.3 is 5.11 Å². The second-order valence-electron chi connectivity index (χ2n) is 7.49. The zero-order valence-corrected chi connectivity index (χ0v) is 17.2. The molecule has 0 amide bonds. The Kier molecular flexibility index (Phi) is 6.48. The number of nitrogens with zero attached hydrogens (tertiary/aromatic N) is 1. The Morgan fingerprint density at radius 1 is 0.900 bits per heavy atom. The molecule has 0 aromatic heterocycles. The number of rotatable bonds is 8. The van der Waals surface area contributed by atoms with Crippen LogP contribution in [0.5, 0.6) is 0 Å². The number of benzene rings is 2. The SMILES string of the molecule is O=C(O)C(=O)CC(=O)C1(Cc2ccccc2)CCN(S(=O)(=O)c2ccccc2)CC1. The van der Waals surface area contributed by atoms with Crippen LogP contribution in [0.15, 0.2) is 65.6 Å². The predicted molar refractivity (Wildman–Crippen MR) is 109 cm³/mol. The molecular weight excluding hydrogens is 406 g/mol. The lowest BCUT2D eigenvalue weighted by Gasteiger charge is -2.40. The van der Waals surface area contributed by atoms with Crippen molar-refractivity contribution in [3.63, 3.8) is 0 Å². The first-order valence-electron chi connectivity index (χ1n) is 9.63. The molecule has 0 spiro atoms. The molecule has 1 N–H and O–H groups in total. The number of piperidine rings is 1. The van der Waals surface area contributed by atoms with Gasteiger partial charge in [0.25, 0.3) is 0 Å². The maximum absolute atomic E-state index is 13.0. The van der Waals surface area contributed by atoms with Crippen LogP contribution in [0.3, 0.4) is 0 Å². The molecule has 0 atom stereocenters. The largest absolute Gasteiger partial charge is 0.475 e. The third-order valence-corrected chi connectivity index (χ3v) is 7.51. The van der Waals surface area contributed by atoms with Crippen molar-refractivity contribution in [2.24, 2.45) is 5.41 Å². The van der Waals surface area contributed by atoms with Gasteiger partial charge in [0.05, 0.1) is 11.3 Å². The summed E-state index contributed by atoms with van der Waals surface area (Å²) < 4.78 is 27.2. The summed E-state index contributed by atoms with van der Waals surface area (Å²) >= 11 is 0. The van der Waals surface area contributed by atoms with Crippen LogP contribution in [0.25, 0.3) is 0 Å². The van der Waals surface area contributed by atoms with Gasteiger partial charge in [0.15, 0.2) is 0 Å². The van der Waals surface area contributed by atoms with E-state index in [2.05, 4.69) is 0 Å². The summed E-state index contributed by atoms with van der Waals surface area (Å²) in [5, 5.41) is 8.89. The summed E-state index contributed by atoms with van der Waals surface area (Å²) in [7, 11) is -3.69. The Hall–Kier alpha value is -2.84. The normalized spacial score (nSPS) is 16.7. The minimum atomic E-state index is -3.69. The van der Waals surface area contributed by atoms with Crippen molar-refractivity contribution < 1.29 is 27.9 Å². The van der Waals surface area contributed by atoms with Gasteiger partial charge in [-0.05, 0) is 37.0 Å². The van der Waals surface area contributed by atoms with Gasteiger partial charge in [-0.1, -0.05) is 48.5 Å². The molecule has 1 aliphatic rings. The van der Waals surface area contributed by atoms with E-state index in [9.17, 15) is 22.8 Å². The average Bonchev–Trinajstić information content (AvgIpc) is 2.75. The van der Waals surface area contributed by atoms with E-state index in [4.69, 9.17) is 5.11 Å². The molecule has 8 heteroatoms. The molecular formula is C22H23NO6S. The van der Waals surface area contributed by atoms with Crippen LogP contribution >= 0.6 is 0 Å². The topological polar surface area (TPSA) is 109 Å². The van der Waals surface area contributed by atoms with Crippen LogP contribution in [0, 0.1) is 5.41 Å². The average molecular weight is 429 g/mol. The number of aliphatic carboxylic acids is 1. The highest BCUT2D eigenvalue weighted by Gasteiger charge is 2.44. The zero-order valence-electron chi connectivity index (χ0n) is 16.4. The van der Waals surface area contributed by atoms with Gasteiger partial charge in [-0.2, -0.15) is 4.31 Å². The van der Waals surface area contributed by atoms with E-state index in [0.29, 0.717) is 6.42 Å². The van der Waals surface area contributed by atoms with E-state index in [-0.39, 0.29) is 30.8 Å². The lowest BCUT2D eigenvalue weighted by Crippen LogP contribution is -2.48. The van der Waals surface area contributed by atoms with Crippen LogP contribution in [0.4, 0.5) is 0 Å². The summed E-state index contributed by atoms with van der Waals surface area (Å²) in [6, 6.07) is 17.3. The van der Waals surface area contributed by atoms with E-state index in [1.165, 1.54) is 16.4 Å². The fourth-order valence-electron chi connectivity index (χ4n) is 3.85. The molecule has 30 heavy (non-hydrogen) atoms. The number of sulfonamides is 1. The van der Waals surface area contributed by atoms with Crippen molar-refractivity contribution in [3.8, 4) is 0 Å². The highest BCUT2D eigenvalue weighted by molar-refractivity contribution is 7.89. The Balaban J connectivity index is 1.83. The molecule has 0 bridgehead atoms. The molecule has 1 saturated heterocycles. The van der Waals surface area contributed by atoms with Crippen molar-refractivity contribution in [3.05, 3.63) is 66.2 Å². The van der Waals surface area contributed by atoms with Crippen LogP contribution < -0.4 is 0 Å². The maximum Gasteiger partial charge on any atom is 0.372 e. The molecule has 2 aromatic carbocycles. The fraction of sp³-hybridized carbons (Fsp3) is 0.318. The van der Waals surface area contributed by atoms with E-state index in [0.717, 1.165) is 5.56 Å². The van der Waals surface area contributed by atoms with Gasteiger partial charge >= 0.3 is 5.97 Å². The zero-order chi connectivity index (χ0) is 21.8. The summed E-state index contributed by atoms with van der Waals surface area (Å²) in [5.74, 6) is -3.23. The van der Waals surface area contributed by atoms with Crippen molar-refractivity contribution in [1.29, 1.82) is 0 Å². The van der Waals surface area contributed by atoms with Crippen LogP contribution in [-0.2, 0) is 30.8 Å². The second-order valence-corrected chi connectivity index (χ2v) is 9.43. The minimum absolute atomic E-state index is 0.122. The molecule has 1 heterocycles. The smallest absolute Gasteiger partial charge is 0.372 e. The number of hydrogen-bond acceptors (Lipinski definition) is 5. The Bertz CT molecular complexity index is 1030. The predicted octanol–water partition coefficient (Wildman–Crippen LogP) is 2.31. The second kappa shape index (κ2) is 8.89. The van der Waals surface area contributed by atoms with E-state index in [1.54, 1.807) is 18.2 Å². The molecule has 0 unspecified atom stereocenters. The van der Waals surface area contributed by atoms with Gasteiger partial charge in [-0.25, -0.2) is 13.2 Å². The number of carboxylic acids is 1. The van der Waals surface area contributed by atoms with Gasteiger partial charge in [-0.3, -0.25) is 9.59 Å². The summed E-state index contributed by atoms with van der Waals surface area (Å²) in [6.07, 6.45) is 0.0891. The molecule has 7 nitrogen and oxygen atoms in total. The van der Waals surface area contributed by atoms with Gasteiger partial charge in [0.2, 0.25) is 15.8 Å². The number of carboxylic acid groups (broad SMARTS) is 1. The molecule has 1 aliphatic heterocycles. The van der Waals surface area contributed by atoms with Crippen LogP contribution in [0.1, 0.15) is 24.8 Å². The summed E-state index contributed by atoms with van der Waals surface area (Å²) in [6.45, 7) is 0.244. The van der Waals surface area contributed by atoms with E-state index >= 15 is 0 Å². The van der Waals surface area contributed by atoms with Crippen molar-refractivity contribution in [2.45, 2.75) is 30.6 Å². The quantitative estimate of drug-likeness (QED) is 0.510. The fourth-order valence-corrected chi connectivity index (χ4v) is 5.31. The first-order valence-corrected chi connectivity index (χ1v) is 11.1. The third-order valence-electron chi connectivity index (χ3n) is 5.60. The number of carbonyl (C=O) groups is 3. The molecule has 1 fully saturated rings. The van der Waals surface area contributed by atoms with Gasteiger partial charge in [0.1, 0.15) is 5.78 Å². The van der Waals surface area contributed by atoms with Gasteiger partial charge in [-0.15, -0.1) is 0 Å². The summed E-state index contributed by atoms with van der Waals surface area (Å²) in [5.41, 5.74) is -0.0946. The highest BCUT2D eigenvalue weighted by atomic mass is 32.2. The Morgan fingerprint density at radius 2 is 1.43 bits per heavy atom. The molecule has 0 saturated carbocycles. The molecule has 2 aromatic rings. The minimum Gasteiger partial charge on any atom is -0.475 e. The number of carbonyl (C=O) groups excluding carboxylic acids is 2. The van der Waals surface area contributed by atoms with Crippen LogP contribution in [0.2, 0.25) is 0 Å². The standard InChI is InChI=1S/C22H23NO6S/c24-19(21(26)27)15-20(25)22(16-17-7-3-1-4-8-17)11-13-23(14-12-22)30(28,29)18-9-5-2-6-10-18/h1-10H,11-16H2,(H,26,27). The monoisotopic (exact) mass is 429 g/mol. The third kappa shape index (κ3) is 4.66. The Labute approximate surface area is 175 Å². The molecule has 158 valence electrons. The molecule has 0 aliphatic carbocycles.